The van der Waals surface area contributed by atoms with Crippen molar-refractivity contribution in [2.24, 2.45) is 5.92 Å². The molecule has 1 N–H and O–H groups in total. The van der Waals surface area contributed by atoms with Gasteiger partial charge in [-0.05, 0) is 38.8 Å². The predicted molar refractivity (Wildman–Crippen MR) is 52.7 cm³/mol. The quantitative estimate of drug-likeness (QED) is 0.630. The first-order chi connectivity index (χ1) is 6.75. The highest BCUT2D eigenvalue weighted by molar-refractivity contribution is 5.86. The average molecular weight is 193 g/mol. The van der Waals surface area contributed by atoms with Crippen LogP contribution in [0.5, 0.6) is 0 Å². The van der Waals surface area contributed by atoms with Crippen molar-refractivity contribution in [3.63, 3.8) is 0 Å². The zero-order chi connectivity index (χ0) is 9.97. The first-order valence-corrected chi connectivity index (χ1v) is 5.24. The maximum atomic E-state index is 10.2. The molecule has 0 atom stereocenters. The zero-order valence-electron chi connectivity index (χ0n) is 8.20. The number of aliphatic carboxylic acids is 1. The van der Waals surface area contributed by atoms with Crippen molar-refractivity contribution in [3.05, 3.63) is 0 Å². The van der Waals surface area contributed by atoms with Crippen molar-refractivity contribution >= 4 is 5.97 Å². The van der Waals surface area contributed by atoms with Crippen LogP contribution in [0.25, 0.3) is 0 Å². The number of carboxylic acid groups (broad SMARTS) is 1. The van der Waals surface area contributed by atoms with E-state index in [0.29, 0.717) is 12.0 Å². The van der Waals surface area contributed by atoms with Crippen molar-refractivity contribution in [1.82, 2.24) is 4.90 Å². The number of hydrogen-bond donors (Lipinski definition) is 1. The van der Waals surface area contributed by atoms with Crippen LogP contribution >= 0.6 is 0 Å². The number of carbonyl (C=O) groups is 1. The Morgan fingerprint density at radius 2 is 1.93 bits per heavy atom. The van der Waals surface area contributed by atoms with E-state index >= 15 is 0 Å². The largest absolute Gasteiger partial charge is 0.472 e. The van der Waals surface area contributed by atoms with Gasteiger partial charge in [0.2, 0.25) is 0 Å². The molecule has 2 aliphatic rings. The van der Waals surface area contributed by atoms with Gasteiger partial charge >= 0.3 is 5.97 Å². The summed E-state index contributed by atoms with van der Waals surface area (Å²) in [6.45, 7) is 2.45. The van der Waals surface area contributed by atoms with E-state index in [1.807, 2.05) is 0 Å². The van der Waals surface area contributed by atoms with Crippen molar-refractivity contribution in [3.8, 4) is 11.8 Å². The van der Waals surface area contributed by atoms with Crippen LogP contribution in [0, 0.1) is 17.8 Å². The first-order valence-electron chi connectivity index (χ1n) is 5.24. The molecule has 2 rings (SSSR count). The molecule has 0 unspecified atom stereocenters. The van der Waals surface area contributed by atoms with E-state index in [4.69, 9.17) is 5.11 Å². The van der Waals surface area contributed by atoms with E-state index < -0.39 is 5.97 Å². The van der Waals surface area contributed by atoms with Crippen molar-refractivity contribution in [2.75, 3.05) is 13.1 Å². The summed E-state index contributed by atoms with van der Waals surface area (Å²) < 4.78 is 0. The molecular weight excluding hydrogens is 178 g/mol. The van der Waals surface area contributed by atoms with Crippen LogP contribution in [0.15, 0.2) is 0 Å². The standard InChI is InChI=1S/C11H15NO2/c13-11(14)4-3-9-7-10(8-9)12-5-1-2-6-12/h9-10H,1-2,5-8H2,(H,13,14). The fourth-order valence-corrected chi connectivity index (χ4v) is 2.27. The molecule has 1 saturated heterocycles. The van der Waals surface area contributed by atoms with Crippen LogP contribution < -0.4 is 0 Å². The number of nitrogens with zero attached hydrogens (tertiary/aromatic N) is 1. The molecular formula is C11H15NO2. The Hall–Kier alpha value is -1.01. The van der Waals surface area contributed by atoms with Gasteiger partial charge in [-0.2, -0.15) is 0 Å². The molecule has 1 aliphatic carbocycles. The van der Waals surface area contributed by atoms with E-state index in [9.17, 15) is 4.79 Å². The third-order valence-electron chi connectivity index (χ3n) is 3.15. The normalized spacial score (nSPS) is 31.7. The van der Waals surface area contributed by atoms with Gasteiger partial charge < -0.3 is 10.0 Å². The molecule has 0 aromatic carbocycles. The van der Waals surface area contributed by atoms with Gasteiger partial charge in [0, 0.05) is 17.9 Å². The van der Waals surface area contributed by atoms with Gasteiger partial charge in [0.25, 0.3) is 0 Å². The Morgan fingerprint density at radius 3 is 2.50 bits per heavy atom. The third-order valence-corrected chi connectivity index (χ3v) is 3.15. The molecule has 3 nitrogen and oxygen atoms in total. The summed E-state index contributed by atoms with van der Waals surface area (Å²) in [4.78, 5) is 12.7. The van der Waals surface area contributed by atoms with Gasteiger partial charge in [0.05, 0.1) is 0 Å². The van der Waals surface area contributed by atoms with E-state index in [1.54, 1.807) is 0 Å². The summed E-state index contributed by atoms with van der Waals surface area (Å²) in [6, 6.07) is 0.686. The highest BCUT2D eigenvalue weighted by Gasteiger charge is 2.33. The van der Waals surface area contributed by atoms with Crippen molar-refractivity contribution < 1.29 is 9.90 Å². The highest BCUT2D eigenvalue weighted by atomic mass is 16.4. The fraction of sp³-hybridized carbons (Fsp3) is 0.727. The van der Waals surface area contributed by atoms with Crippen molar-refractivity contribution in [1.29, 1.82) is 0 Å². The lowest BCUT2D eigenvalue weighted by molar-refractivity contribution is -0.130. The van der Waals surface area contributed by atoms with Crippen LogP contribution in [0.3, 0.4) is 0 Å². The molecule has 76 valence electrons. The van der Waals surface area contributed by atoms with Gasteiger partial charge in [-0.25, -0.2) is 4.79 Å². The van der Waals surface area contributed by atoms with Crippen LogP contribution in [-0.2, 0) is 4.79 Å². The molecule has 0 spiro atoms. The second kappa shape index (κ2) is 4.02. The van der Waals surface area contributed by atoms with Gasteiger partial charge in [-0.3, -0.25) is 0 Å². The smallest absolute Gasteiger partial charge is 0.381 e. The summed E-state index contributed by atoms with van der Waals surface area (Å²) in [6.07, 6.45) is 4.78. The van der Waals surface area contributed by atoms with Gasteiger partial charge in [0.1, 0.15) is 0 Å². The molecule has 1 aliphatic heterocycles. The molecule has 0 radical (unpaired) electrons. The number of carboxylic acids is 1. The summed E-state index contributed by atoms with van der Waals surface area (Å²) in [7, 11) is 0. The molecule has 0 aromatic rings. The van der Waals surface area contributed by atoms with Gasteiger partial charge in [-0.15, -0.1) is 0 Å². The SMILES string of the molecule is O=C(O)C#CC1CC(N2CCCC2)C1. The second-order valence-corrected chi connectivity index (χ2v) is 4.14. The summed E-state index contributed by atoms with van der Waals surface area (Å²) in [5, 5.41) is 8.38. The van der Waals surface area contributed by atoms with Crippen LogP contribution in [0.2, 0.25) is 0 Å². The molecule has 2 fully saturated rings. The Balaban J connectivity index is 1.74. The molecule has 1 heterocycles. The Kier molecular flexibility index (Phi) is 2.74. The van der Waals surface area contributed by atoms with E-state index in [0.717, 1.165) is 12.8 Å². The van der Waals surface area contributed by atoms with E-state index in [1.165, 1.54) is 25.9 Å². The summed E-state index contributed by atoms with van der Waals surface area (Å²) >= 11 is 0. The zero-order valence-corrected chi connectivity index (χ0v) is 8.20. The minimum Gasteiger partial charge on any atom is -0.472 e. The molecule has 3 heteroatoms. The maximum Gasteiger partial charge on any atom is 0.381 e. The van der Waals surface area contributed by atoms with Crippen LogP contribution in [0.4, 0.5) is 0 Å². The summed E-state index contributed by atoms with van der Waals surface area (Å²) in [5.41, 5.74) is 0. The minimum absolute atomic E-state index is 0.330. The first kappa shape index (κ1) is 9.54. The van der Waals surface area contributed by atoms with Crippen LogP contribution in [0.1, 0.15) is 25.7 Å². The summed E-state index contributed by atoms with van der Waals surface area (Å²) in [5.74, 6) is 4.33. The minimum atomic E-state index is -1.00. The molecule has 0 bridgehead atoms. The monoisotopic (exact) mass is 193 g/mol. The molecule has 0 amide bonds. The molecule has 14 heavy (non-hydrogen) atoms. The van der Waals surface area contributed by atoms with Gasteiger partial charge in [-0.1, -0.05) is 5.92 Å². The van der Waals surface area contributed by atoms with Crippen molar-refractivity contribution in [2.45, 2.75) is 31.7 Å². The lowest BCUT2D eigenvalue weighted by Crippen LogP contribution is -2.42. The highest BCUT2D eigenvalue weighted by Crippen LogP contribution is 2.32. The Morgan fingerprint density at radius 1 is 1.29 bits per heavy atom. The number of hydrogen-bond acceptors (Lipinski definition) is 2. The lowest BCUT2D eigenvalue weighted by atomic mass is 9.80. The predicted octanol–water partition coefficient (Wildman–Crippen LogP) is 0.949. The topological polar surface area (TPSA) is 40.5 Å². The van der Waals surface area contributed by atoms with E-state index in [2.05, 4.69) is 16.7 Å². The Bertz CT molecular complexity index is 277. The molecule has 1 saturated carbocycles. The fourth-order valence-electron chi connectivity index (χ4n) is 2.27. The van der Waals surface area contributed by atoms with Gasteiger partial charge in [0.15, 0.2) is 0 Å². The van der Waals surface area contributed by atoms with E-state index in [-0.39, 0.29) is 0 Å². The molecule has 0 aromatic heterocycles. The maximum absolute atomic E-state index is 10.2. The number of rotatable bonds is 1. The lowest BCUT2D eigenvalue weighted by Gasteiger charge is -2.38. The average Bonchev–Trinajstić information content (AvgIpc) is 2.53. The van der Waals surface area contributed by atoms with Crippen LogP contribution in [-0.4, -0.2) is 35.1 Å². The third kappa shape index (κ3) is 2.08. The second-order valence-electron chi connectivity index (χ2n) is 4.14. The number of likely N-dealkylation sites (tertiary alicyclic amines) is 1. The Labute approximate surface area is 84.1 Å².